The van der Waals surface area contributed by atoms with Crippen molar-refractivity contribution in [2.75, 3.05) is 53.4 Å². The highest BCUT2D eigenvalue weighted by Crippen LogP contribution is 2.43. The zero-order valence-electron chi connectivity index (χ0n) is 17.2. The number of fused-ring (bicyclic) bond motifs is 1. The fourth-order valence-corrected chi connectivity index (χ4v) is 4.98. The highest BCUT2D eigenvalue weighted by atomic mass is 16.6. The van der Waals surface area contributed by atoms with Crippen LogP contribution in [0.2, 0.25) is 0 Å². The molecule has 3 saturated heterocycles. The van der Waals surface area contributed by atoms with Gasteiger partial charge in [0.25, 0.3) is 0 Å². The van der Waals surface area contributed by atoms with Gasteiger partial charge in [-0.05, 0) is 32.5 Å². The molecule has 1 aromatic carbocycles. The molecule has 8 nitrogen and oxygen atoms in total. The number of carbonyl (C=O) groups excluding carboxylic acids is 1. The molecule has 1 unspecified atom stereocenters. The van der Waals surface area contributed by atoms with Crippen molar-refractivity contribution in [2.45, 2.75) is 30.7 Å². The van der Waals surface area contributed by atoms with Crippen LogP contribution in [0.5, 0.6) is 0 Å². The molecule has 4 rings (SSSR count). The zero-order valence-corrected chi connectivity index (χ0v) is 17.2. The van der Waals surface area contributed by atoms with Crippen LogP contribution in [0.3, 0.4) is 0 Å². The van der Waals surface area contributed by atoms with Crippen LogP contribution in [0.15, 0.2) is 30.3 Å². The van der Waals surface area contributed by atoms with E-state index in [4.69, 9.17) is 4.74 Å². The summed E-state index contributed by atoms with van der Waals surface area (Å²) >= 11 is 0. The van der Waals surface area contributed by atoms with Gasteiger partial charge in [-0.25, -0.2) is 4.79 Å². The minimum absolute atomic E-state index is 0.0932. The summed E-state index contributed by atoms with van der Waals surface area (Å²) in [6.45, 7) is 3.85. The van der Waals surface area contributed by atoms with Crippen LogP contribution in [0, 0.1) is 0 Å². The predicted octanol–water partition coefficient (Wildman–Crippen LogP) is 1.13. The summed E-state index contributed by atoms with van der Waals surface area (Å²) in [4.78, 5) is 31.8. The van der Waals surface area contributed by atoms with Gasteiger partial charge < -0.3 is 19.6 Å². The van der Waals surface area contributed by atoms with Gasteiger partial charge in [-0.1, -0.05) is 30.3 Å². The first kappa shape index (κ1) is 20.1. The van der Waals surface area contributed by atoms with E-state index in [1.54, 1.807) is 4.90 Å². The van der Waals surface area contributed by atoms with Crippen molar-refractivity contribution in [3.63, 3.8) is 0 Å². The Labute approximate surface area is 171 Å². The van der Waals surface area contributed by atoms with Crippen LogP contribution in [0.4, 0.5) is 4.79 Å². The molecule has 3 aliphatic rings. The summed E-state index contributed by atoms with van der Waals surface area (Å²) in [6.07, 6.45) is 0.607. The molecule has 1 atom stereocenters. The molecule has 1 spiro atoms. The Kier molecular flexibility index (Phi) is 5.27. The first-order chi connectivity index (χ1) is 13.8. The molecule has 158 valence electrons. The second-order valence-electron chi connectivity index (χ2n) is 8.85. The number of carbonyl (C=O) groups is 2. The van der Waals surface area contributed by atoms with Crippen molar-refractivity contribution in [1.82, 2.24) is 19.6 Å². The Hall–Kier alpha value is -2.16. The molecule has 3 fully saturated rings. The summed E-state index contributed by atoms with van der Waals surface area (Å²) in [5.74, 6) is -0.163. The van der Waals surface area contributed by atoms with Gasteiger partial charge in [0, 0.05) is 26.2 Å². The van der Waals surface area contributed by atoms with E-state index in [0.29, 0.717) is 13.1 Å². The van der Waals surface area contributed by atoms with E-state index >= 15 is 0 Å². The average molecular weight is 402 g/mol. The first-order valence-electron chi connectivity index (χ1n) is 10.2. The standard InChI is InChI=1S/C21H30N4O4/c1-22(2)15-21-16-24(19(27)28)13-18(26)25(21)14-20(29-21)8-10-23(11-9-20)12-17-6-4-3-5-7-17/h3-7H,8-16H2,1-2H3,(H,27,28). The molecule has 0 aliphatic carbocycles. The van der Waals surface area contributed by atoms with Crippen LogP contribution in [-0.2, 0) is 16.1 Å². The Balaban J connectivity index is 1.49. The molecule has 1 aromatic rings. The summed E-state index contributed by atoms with van der Waals surface area (Å²) in [5.41, 5.74) is -0.00352. The molecule has 2 amide bonds. The second-order valence-corrected chi connectivity index (χ2v) is 8.85. The third kappa shape index (κ3) is 3.97. The van der Waals surface area contributed by atoms with Gasteiger partial charge in [0.2, 0.25) is 5.91 Å². The minimum Gasteiger partial charge on any atom is -0.465 e. The number of ether oxygens (including phenoxy) is 1. The topological polar surface area (TPSA) is 76.6 Å². The SMILES string of the molecule is CN(C)CC12CN(C(=O)O)CC(=O)N1CC1(CCN(Cc3ccccc3)CC1)O2. The monoisotopic (exact) mass is 402 g/mol. The molecule has 0 aromatic heterocycles. The van der Waals surface area contributed by atoms with E-state index in [-0.39, 0.29) is 19.0 Å². The lowest BCUT2D eigenvalue weighted by Gasteiger charge is -2.46. The zero-order chi connectivity index (χ0) is 20.6. The smallest absolute Gasteiger partial charge is 0.407 e. The van der Waals surface area contributed by atoms with Crippen LogP contribution < -0.4 is 0 Å². The van der Waals surface area contributed by atoms with Crippen LogP contribution >= 0.6 is 0 Å². The summed E-state index contributed by atoms with van der Waals surface area (Å²) in [6, 6.07) is 10.4. The number of likely N-dealkylation sites (N-methyl/N-ethyl adjacent to an activating group) is 1. The van der Waals surface area contributed by atoms with Crippen molar-refractivity contribution in [3.05, 3.63) is 35.9 Å². The van der Waals surface area contributed by atoms with Crippen molar-refractivity contribution in [1.29, 1.82) is 0 Å². The number of hydrogen-bond acceptors (Lipinski definition) is 5. The van der Waals surface area contributed by atoms with Crippen molar-refractivity contribution >= 4 is 12.0 Å². The lowest BCUT2D eigenvalue weighted by Crippen LogP contribution is -2.66. The maximum Gasteiger partial charge on any atom is 0.407 e. The van der Waals surface area contributed by atoms with E-state index < -0.39 is 17.4 Å². The number of carboxylic acid groups (broad SMARTS) is 1. The lowest BCUT2D eigenvalue weighted by atomic mass is 9.91. The molecule has 0 saturated carbocycles. The fourth-order valence-electron chi connectivity index (χ4n) is 4.98. The highest BCUT2D eigenvalue weighted by Gasteiger charge is 2.60. The van der Waals surface area contributed by atoms with E-state index in [1.165, 1.54) is 10.5 Å². The third-order valence-corrected chi connectivity index (χ3v) is 6.26. The van der Waals surface area contributed by atoms with E-state index in [0.717, 1.165) is 32.5 Å². The maximum absolute atomic E-state index is 12.8. The summed E-state index contributed by atoms with van der Waals surface area (Å²) in [7, 11) is 3.85. The quantitative estimate of drug-likeness (QED) is 0.814. The third-order valence-electron chi connectivity index (χ3n) is 6.26. The number of rotatable bonds is 4. The van der Waals surface area contributed by atoms with E-state index in [9.17, 15) is 14.7 Å². The van der Waals surface area contributed by atoms with Gasteiger partial charge in [0.05, 0.1) is 18.7 Å². The Bertz CT molecular complexity index is 763. The number of benzene rings is 1. The van der Waals surface area contributed by atoms with Gasteiger partial charge in [-0.15, -0.1) is 0 Å². The fraction of sp³-hybridized carbons (Fsp3) is 0.619. The Morgan fingerprint density at radius 3 is 2.48 bits per heavy atom. The summed E-state index contributed by atoms with van der Waals surface area (Å²) in [5, 5.41) is 9.48. The van der Waals surface area contributed by atoms with Crippen LogP contribution in [0.25, 0.3) is 0 Å². The molecule has 1 N–H and O–H groups in total. The van der Waals surface area contributed by atoms with Crippen molar-refractivity contribution < 1.29 is 19.4 Å². The molecule has 0 bridgehead atoms. The van der Waals surface area contributed by atoms with Gasteiger partial charge in [-0.2, -0.15) is 0 Å². The largest absolute Gasteiger partial charge is 0.465 e. The van der Waals surface area contributed by atoms with Crippen LogP contribution in [-0.4, -0.2) is 101 Å². The molecule has 0 radical (unpaired) electrons. The Morgan fingerprint density at radius 1 is 1.17 bits per heavy atom. The van der Waals surface area contributed by atoms with Gasteiger partial charge in [-0.3, -0.25) is 14.6 Å². The minimum atomic E-state index is -1.07. The van der Waals surface area contributed by atoms with Crippen molar-refractivity contribution in [2.24, 2.45) is 0 Å². The number of piperidine rings is 1. The second kappa shape index (κ2) is 7.59. The molecule has 8 heteroatoms. The normalized spacial score (nSPS) is 26.9. The maximum atomic E-state index is 12.8. The molecule has 3 heterocycles. The lowest BCUT2D eigenvalue weighted by molar-refractivity contribution is -0.189. The molecule has 3 aliphatic heterocycles. The molecular weight excluding hydrogens is 372 g/mol. The van der Waals surface area contributed by atoms with Crippen LogP contribution in [0.1, 0.15) is 18.4 Å². The number of nitrogens with zero attached hydrogens (tertiary/aromatic N) is 4. The van der Waals surface area contributed by atoms with Gasteiger partial charge in [0.1, 0.15) is 6.54 Å². The number of likely N-dealkylation sites (tertiary alicyclic amines) is 1. The van der Waals surface area contributed by atoms with Gasteiger partial charge >= 0.3 is 6.09 Å². The van der Waals surface area contributed by atoms with Crippen molar-refractivity contribution in [3.8, 4) is 0 Å². The van der Waals surface area contributed by atoms with Gasteiger partial charge in [0.15, 0.2) is 5.72 Å². The molecular formula is C21H30N4O4. The first-order valence-corrected chi connectivity index (χ1v) is 10.2. The summed E-state index contributed by atoms with van der Waals surface area (Å²) < 4.78 is 6.67. The molecule has 29 heavy (non-hydrogen) atoms. The Morgan fingerprint density at radius 2 is 1.86 bits per heavy atom. The van der Waals surface area contributed by atoms with E-state index in [2.05, 4.69) is 29.2 Å². The average Bonchev–Trinajstić information content (AvgIpc) is 2.98. The van der Waals surface area contributed by atoms with E-state index in [1.807, 2.05) is 25.1 Å². The highest BCUT2D eigenvalue weighted by molar-refractivity contribution is 5.84. The number of piperazine rings is 1. The predicted molar refractivity (Wildman–Crippen MR) is 107 cm³/mol. The number of hydrogen-bond donors (Lipinski definition) is 1. The number of amides is 2.